The van der Waals surface area contributed by atoms with E-state index in [1.54, 1.807) is 7.11 Å². The quantitative estimate of drug-likeness (QED) is 0.765. The fraction of sp³-hybridized carbons (Fsp3) is 0.923. The number of carbonyl (C=O) groups is 1. The highest BCUT2D eigenvalue weighted by Crippen LogP contribution is 2.26. The van der Waals surface area contributed by atoms with Crippen LogP contribution in [0.5, 0.6) is 0 Å². The van der Waals surface area contributed by atoms with Gasteiger partial charge < -0.3 is 15.4 Å². The van der Waals surface area contributed by atoms with Crippen molar-refractivity contribution >= 4 is 5.91 Å². The number of nitrogens with zero attached hydrogens (tertiary/aromatic N) is 1. The second kappa shape index (κ2) is 6.97. The lowest BCUT2D eigenvalue weighted by molar-refractivity contribution is -0.138. The van der Waals surface area contributed by atoms with Gasteiger partial charge in [0.1, 0.15) is 0 Å². The summed E-state index contributed by atoms with van der Waals surface area (Å²) in [5.41, 5.74) is 6.01. The number of methoxy groups -OCH3 is 1. The van der Waals surface area contributed by atoms with Crippen LogP contribution in [0.25, 0.3) is 0 Å². The number of hydrogen-bond donors (Lipinski definition) is 1. The van der Waals surface area contributed by atoms with E-state index >= 15 is 0 Å². The third-order valence-electron chi connectivity index (χ3n) is 3.83. The van der Waals surface area contributed by atoms with Crippen molar-refractivity contribution in [3.8, 4) is 0 Å². The second-order valence-electron chi connectivity index (χ2n) is 4.98. The van der Waals surface area contributed by atoms with E-state index in [1.807, 2.05) is 4.90 Å². The molecule has 0 saturated heterocycles. The summed E-state index contributed by atoms with van der Waals surface area (Å²) in [6, 6.07) is 0.321. The van der Waals surface area contributed by atoms with Gasteiger partial charge in [-0.3, -0.25) is 4.79 Å². The van der Waals surface area contributed by atoms with Gasteiger partial charge >= 0.3 is 0 Å². The van der Waals surface area contributed by atoms with Crippen molar-refractivity contribution in [2.75, 3.05) is 20.3 Å². The Morgan fingerprint density at radius 2 is 2.24 bits per heavy atom. The first-order valence-corrected chi connectivity index (χ1v) is 6.66. The highest BCUT2D eigenvalue weighted by Gasteiger charge is 2.34. The Bertz CT molecular complexity index is 246. The number of carbonyl (C=O) groups excluding carboxylic acids is 1. The molecule has 1 fully saturated rings. The predicted octanol–water partition coefficient (Wildman–Crippen LogP) is 1.39. The normalized spacial score (nSPS) is 25.9. The summed E-state index contributed by atoms with van der Waals surface area (Å²) in [5, 5.41) is 0. The van der Waals surface area contributed by atoms with E-state index in [9.17, 15) is 4.79 Å². The van der Waals surface area contributed by atoms with Gasteiger partial charge in [-0.2, -0.15) is 0 Å². The van der Waals surface area contributed by atoms with Gasteiger partial charge in [-0.25, -0.2) is 0 Å². The topological polar surface area (TPSA) is 55.6 Å². The lowest BCUT2D eigenvalue weighted by atomic mass is 10.0. The first-order valence-electron chi connectivity index (χ1n) is 6.66. The van der Waals surface area contributed by atoms with Crippen molar-refractivity contribution in [3.63, 3.8) is 0 Å². The van der Waals surface area contributed by atoms with E-state index in [1.165, 1.54) is 0 Å². The first-order chi connectivity index (χ1) is 8.11. The predicted molar refractivity (Wildman–Crippen MR) is 68.7 cm³/mol. The summed E-state index contributed by atoms with van der Waals surface area (Å²) < 4.78 is 5.08. The molecular formula is C13H26N2O2. The van der Waals surface area contributed by atoms with E-state index in [2.05, 4.69) is 13.8 Å². The zero-order valence-corrected chi connectivity index (χ0v) is 11.3. The van der Waals surface area contributed by atoms with Gasteiger partial charge in [0.25, 0.3) is 0 Å². The summed E-state index contributed by atoms with van der Waals surface area (Å²) in [6.07, 6.45) is 3.97. The van der Waals surface area contributed by atoms with Crippen LogP contribution in [0.1, 0.15) is 39.5 Å². The Morgan fingerprint density at radius 3 is 2.71 bits per heavy atom. The number of rotatable bonds is 6. The summed E-state index contributed by atoms with van der Waals surface area (Å²) in [4.78, 5) is 14.4. The van der Waals surface area contributed by atoms with E-state index in [4.69, 9.17) is 10.5 Å². The van der Waals surface area contributed by atoms with Gasteiger partial charge in [-0.15, -0.1) is 0 Å². The molecule has 1 rings (SSSR count). The van der Waals surface area contributed by atoms with Crippen LogP contribution < -0.4 is 5.73 Å². The summed E-state index contributed by atoms with van der Waals surface area (Å²) in [5.74, 6) is 0.252. The molecule has 3 unspecified atom stereocenters. The smallest absolute Gasteiger partial charge is 0.227 e. The fourth-order valence-electron chi connectivity index (χ4n) is 2.47. The minimum absolute atomic E-state index is 0.0286. The van der Waals surface area contributed by atoms with Gasteiger partial charge in [-0.05, 0) is 26.2 Å². The Morgan fingerprint density at radius 1 is 1.53 bits per heavy atom. The Hall–Kier alpha value is -0.610. The minimum Gasteiger partial charge on any atom is -0.383 e. The van der Waals surface area contributed by atoms with Crippen LogP contribution in [-0.2, 0) is 9.53 Å². The Labute approximate surface area is 104 Å². The zero-order valence-electron chi connectivity index (χ0n) is 11.3. The third kappa shape index (κ3) is 3.68. The molecule has 100 valence electrons. The average Bonchev–Trinajstić information content (AvgIpc) is 2.75. The molecule has 1 saturated carbocycles. The van der Waals surface area contributed by atoms with Crippen LogP contribution in [0.4, 0.5) is 0 Å². The van der Waals surface area contributed by atoms with Crippen molar-refractivity contribution in [1.29, 1.82) is 0 Å². The molecule has 3 atom stereocenters. The van der Waals surface area contributed by atoms with Crippen LogP contribution >= 0.6 is 0 Å². The number of ether oxygens (including phenoxy) is 1. The van der Waals surface area contributed by atoms with Gasteiger partial charge in [-0.1, -0.05) is 13.3 Å². The molecule has 0 bridgehead atoms. The molecule has 4 heteroatoms. The molecule has 0 heterocycles. The molecule has 1 aliphatic carbocycles. The Balaban J connectivity index is 2.64. The van der Waals surface area contributed by atoms with Crippen LogP contribution in [0.15, 0.2) is 0 Å². The minimum atomic E-state index is 0.0286. The van der Waals surface area contributed by atoms with Gasteiger partial charge in [0.15, 0.2) is 0 Å². The zero-order chi connectivity index (χ0) is 12.8. The largest absolute Gasteiger partial charge is 0.383 e. The number of hydrogen-bond acceptors (Lipinski definition) is 3. The summed E-state index contributed by atoms with van der Waals surface area (Å²) in [6.45, 7) is 5.46. The molecule has 17 heavy (non-hydrogen) atoms. The maximum absolute atomic E-state index is 12.5. The lowest BCUT2D eigenvalue weighted by Crippen LogP contribution is -2.47. The van der Waals surface area contributed by atoms with Crippen molar-refractivity contribution in [2.24, 2.45) is 11.7 Å². The second-order valence-corrected chi connectivity index (χ2v) is 4.98. The molecule has 0 aromatic heterocycles. The van der Waals surface area contributed by atoms with Crippen LogP contribution in [0.2, 0.25) is 0 Å². The molecule has 0 spiro atoms. The van der Waals surface area contributed by atoms with E-state index < -0.39 is 0 Å². The average molecular weight is 242 g/mol. The molecule has 1 amide bonds. The highest BCUT2D eigenvalue weighted by molar-refractivity contribution is 5.80. The monoisotopic (exact) mass is 242 g/mol. The molecule has 0 radical (unpaired) electrons. The summed E-state index contributed by atoms with van der Waals surface area (Å²) in [7, 11) is 1.67. The maximum atomic E-state index is 12.5. The first kappa shape index (κ1) is 14.5. The van der Waals surface area contributed by atoms with Crippen LogP contribution in [-0.4, -0.2) is 43.2 Å². The molecular weight excluding hydrogens is 216 g/mol. The maximum Gasteiger partial charge on any atom is 0.227 e. The van der Waals surface area contributed by atoms with E-state index in [0.717, 1.165) is 25.7 Å². The van der Waals surface area contributed by atoms with E-state index in [0.29, 0.717) is 13.2 Å². The van der Waals surface area contributed by atoms with Crippen molar-refractivity contribution < 1.29 is 9.53 Å². The van der Waals surface area contributed by atoms with Crippen molar-refractivity contribution in [3.05, 3.63) is 0 Å². The van der Waals surface area contributed by atoms with Crippen molar-refractivity contribution in [2.45, 2.75) is 51.6 Å². The SMILES string of the molecule is CCC(C)N(CCOC)C(=O)C1CCCC1N. The molecule has 0 aromatic carbocycles. The van der Waals surface area contributed by atoms with Crippen LogP contribution in [0.3, 0.4) is 0 Å². The van der Waals surface area contributed by atoms with Crippen molar-refractivity contribution in [1.82, 2.24) is 4.90 Å². The molecule has 0 aromatic rings. The summed E-state index contributed by atoms with van der Waals surface area (Å²) >= 11 is 0. The van der Waals surface area contributed by atoms with Gasteiger partial charge in [0.2, 0.25) is 5.91 Å². The standard InChI is InChI=1S/C13H26N2O2/c1-4-10(2)15(8-9-17-3)13(16)11-6-5-7-12(11)14/h10-12H,4-9,14H2,1-3H3. The molecule has 4 nitrogen and oxygen atoms in total. The van der Waals surface area contributed by atoms with Gasteiger partial charge in [0.05, 0.1) is 12.5 Å². The third-order valence-corrected chi connectivity index (χ3v) is 3.83. The number of nitrogens with two attached hydrogens (primary N) is 1. The lowest BCUT2D eigenvalue weighted by Gasteiger charge is -2.32. The molecule has 2 N–H and O–H groups in total. The number of amides is 1. The van der Waals surface area contributed by atoms with Gasteiger partial charge in [0, 0.05) is 25.7 Å². The fourth-order valence-corrected chi connectivity index (χ4v) is 2.47. The molecule has 1 aliphatic rings. The Kier molecular flexibility index (Phi) is 5.92. The van der Waals surface area contributed by atoms with Crippen LogP contribution in [0, 0.1) is 5.92 Å². The molecule has 0 aliphatic heterocycles. The van der Waals surface area contributed by atoms with E-state index in [-0.39, 0.29) is 23.9 Å². The highest BCUT2D eigenvalue weighted by atomic mass is 16.5.